The topological polar surface area (TPSA) is 55.2 Å². The van der Waals surface area contributed by atoms with Gasteiger partial charge >= 0.3 is 0 Å². The molecule has 4 nitrogen and oxygen atoms in total. The van der Waals surface area contributed by atoms with Gasteiger partial charge in [-0.1, -0.05) is 25.0 Å². The van der Waals surface area contributed by atoms with E-state index in [4.69, 9.17) is 0 Å². The van der Waals surface area contributed by atoms with Crippen molar-refractivity contribution in [2.75, 3.05) is 0 Å². The lowest BCUT2D eigenvalue weighted by Gasteiger charge is -2.13. The van der Waals surface area contributed by atoms with Crippen LogP contribution in [0.5, 0.6) is 0 Å². The first-order valence-corrected chi connectivity index (χ1v) is 6.12. The van der Waals surface area contributed by atoms with Gasteiger partial charge in [0.05, 0.1) is 4.92 Å². The van der Waals surface area contributed by atoms with Crippen molar-refractivity contribution in [2.45, 2.75) is 38.8 Å². The Balaban J connectivity index is 1.79. The lowest BCUT2D eigenvalue weighted by molar-refractivity contribution is -0.384. The molecule has 0 radical (unpaired) electrons. The Labute approximate surface area is 101 Å². The molecule has 1 N–H and O–H groups in total. The van der Waals surface area contributed by atoms with E-state index >= 15 is 0 Å². The number of nitrogens with one attached hydrogen (secondary N) is 1. The summed E-state index contributed by atoms with van der Waals surface area (Å²) in [5, 5.41) is 13.9. The number of nitrogens with zero attached hydrogens (tertiary/aromatic N) is 1. The van der Waals surface area contributed by atoms with Crippen LogP contribution in [0.3, 0.4) is 0 Å². The van der Waals surface area contributed by atoms with E-state index in [0.29, 0.717) is 6.04 Å². The summed E-state index contributed by atoms with van der Waals surface area (Å²) in [6, 6.07) is 7.27. The van der Waals surface area contributed by atoms with E-state index in [9.17, 15) is 10.1 Å². The maximum absolute atomic E-state index is 10.5. The van der Waals surface area contributed by atoms with Gasteiger partial charge < -0.3 is 5.32 Å². The first-order valence-electron chi connectivity index (χ1n) is 6.12. The molecule has 0 saturated heterocycles. The highest BCUT2D eigenvalue weighted by Crippen LogP contribution is 2.33. The summed E-state index contributed by atoms with van der Waals surface area (Å²) in [5.74, 6) is 0.925. The molecule has 0 spiro atoms. The zero-order chi connectivity index (χ0) is 12.3. The standard InChI is InChI=1S/C13H18N2O2/c1-10(8-11-2-3-11)14-9-12-4-6-13(7-5-12)15(16)17/h4-7,10-11,14H,2-3,8-9H2,1H3. The zero-order valence-electron chi connectivity index (χ0n) is 10.1. The van der Waals surface area contributed by atoms with Crippen molar-refractivity contribution in [3.05, 3.63) is 39.9 Å². The largest absolute Gasteiger partial charge is 0.310 e. The third-order valence-corrected chi connectivity index (χ3v) is 3.19. The van der Waals surface area contributed by atoms with Crippen LogP contribution in [0.4, 0.5) is 5.69 Å². The molecule has 4 heteroatoms. The number of non-ortho nitro benzene ring substituents is 1. The van der Waals surface area contributed by atoms with Crippen molar-refractivity contribution in [3.8, 4) is 0 Å². The molecule has 0 heterocycles. The predicted octanol–water partition coefficient (Wildman–Crippen LogP) is 2.87. The van der Waals surface area contributed by atoms with E-state index in [0.717, 1.165) is 18.0 Å². The van der Waals surface area contributed by atoms with E-state index in [1.165, 1.54) is 19.3 Å². The Morgan fingerprint density at radius 3 is 2.59 bits per heavy atom. The van der Waals surface area contributed by atoms with Gasteiger partial charge in [0, 0.05) is 24.7 Å². The van der Waals surface area contributed by atoms with Crippen LogP contribution in [0.1, 0.15) is 31.7 Å². The number of benzene rings is 1. The molecule has 1 atom stereocenters. The average molecular weight is 234 g/mol. The van der Waals surface area contributed by atoms with E-state index in [-0.39, 0.29) is 10.6 Å². The summed E-state index contributed by atoms with van der Waals surface area (Å²) < 4.78 is 0. The van der Waals surface area contributed by atoms with Crippen molar-refractivity contribution in [1.29, 1.82) is 0 Å². The van der Waals surface area contributed by atoms with E-state index < -0.39 is 0 Å². The van der Waals surface area contributed by atoms with Crippen LogP contribution in [-0.4, -0.2) is 11.0 Å². The van der Waals surface area contributed by atoms with Gasteiger partial charge in [-0.25, -0.2) is 0 Å². The minimum Gasteiger partial charge on any atom is -0.310 e. The Kier molecular flexibility index (Phi) is 3.74. The van der Waals surface area contributed by atoms with Crippen LogP contribution in [0, 0.1) is 16.0 Å². The second-order valence-electron chi connectivity index (χ2n) is 4.88. The molecule has 1 aliphatic rings. The Morgan fingerprint density at radius 2 is 2.06 bits per heavy atom. The Hall–Kier alpha value is -1.42. The van der Waals surface area contributed by atoms with E-state index in [1.54, 1.807) is 12.1 Å². The van der Waals surface area contributed by atoms with Gasteiger partial charge in [0.25, 0.3) is 5.69 Å². The van der Waals surface area contributed by atoms with Gasteiger partial charge in [-0.05, 0) is 24.8 Å². The molecular weight excluding hydrogens is 216 g/mol. The SMILES string of the molecule is CC(CC1CC1)NCc1ccc([N+](=O)[O-])cc1. The average Bonchev–Trinajstić information content (AvgIpc) is 3.11. The van der Waals surface area contributed by atoms with Crippen LogP contribution in [0.15, 0.2) is 24.3 Å². The normalized spacial score (nSPS) is 16.8. The third-order valence-electron chi connectivity index (χ3n) is 3.19. The van der Waals surface area contributed by atoms with Crippen molar-refractivity contribution in [1.82, 2.24) is 5.32 Å². The number of nitro benzene ring substituents is 1. The molecule has 1 aromatic rings. The number of rotatable bonds is 6. The highest BCUT2D eigenvalue weighted by molar-refractivity contribution is 5.32. The molecule has 17 heavy (non-hydrogen) atoms. The van der Waals surface area contributed by atoms with Crippen LogP contribution in [0.2, 0.25) is 0 Å². The quantitative estimate of drug-likeness (QED) is 0.608. The minimum absolute atomic E-state index is 0.153. The second-order valence-corrected chi connectivity index (χ2v) is 4.88. The molecule has 1 fully saturated rings. The monoisotopic (exact) mass is 234 g/mol. The van der Waals surface area contributed by atoms with Crippen molar-refractivity contribution >= 4 is 5.69 Å². The number of hydrogen-bond acceptors (Lipinski definition) is 3. The fraction of sp³-hybridized carbons (Fsp3) is 0.538. The third kappa shape index (κ3) is 3.82. The van der Waals surface area contributed by atoms with Crippen molar-refractivity contribution in [3.63, 3.8) is 0 Å². The van der Waals surface area contributed by atoms with Gasteiger partial charge in [0.15, 0.2) is 0 Å². The summed E-state index contributed by atoms with van der Waals surface area (Å²) in [5.41, 5.74) is 1.25. The summed E-state index contributed by atoms with van der Waals surface area (Å²) in [6.45, 7) is 2.98. The lowest BCUT2D eigenvalue weighted by Crippen LogP contribution is -2.25. The Bertz CT molecular complexity index is 385. The summed E-state index contributed by atoms with van der Waals surface area (Å²) in [4.78, 5) is 10.1. The highest BCUT2D eigenvalue weighted by atomic mass is 16.6. The van der Waals surface area contributed by atoms with Gasteiger partial charge in [0.1, 0.15) is 0 Å². The molecule has 92 valence electrons. The zero-order valence-corrected chi connectivity index (χ0v) is 10.1. The smallest absolute Gasteiger partial charge is 0.269 e. The fourth-order valence-electron chi connectivity index (χ4n) is 1.96. The van der Waals surface area contributed by atoms with Gasteiger partial charge in [0.2, 0.25) is 0 Å². The predicted molar refractivity (Wildman–Crippen MR) is 66.7 cm³/mol. The maximum Gasteiger partial charge on any atom is 0.269 e. The lowest BCUT2D eigenvalue weighted by atomic mass is 10.1. The van der Waals surface area contributed by atoms with Gasteiger partial charge in [-0.2, -0.15) is 0 Å². The molecule has 0 bridgehead atoms. The molecule has 0 aromatic heterocycles. The van der Waals surface area contributed by atoms with Crippen molar-refractivity contribution in [2.24, 2.45) is 5.92 Å². The number of hydrogen-bond donors (Lipinski definition) is 1. The summed E-state index contributed by atoms with van der Waals surface area (Å²) in [7, 11) is 0. The van der Waals surface area contributed by atoms with E-state index in [1.807, 2.05) is 12.1 Å². The molecule has 2 rings (SSSR count). The minimum atomic E-state index is -0.368. The molecule has 1 unspecified atom stereocenters. The molecule has 1 aromatic carbocycles. The Morgan fingerprint density at radius 1 is 1.41 bits per heavy atom. The van der Waals surface area contributed by atoms with Gasteiger partial charge in [-0.15, -0.1) is 0 Å². The van der Waals surface area contributed by atoms with Crippen molar-refractivity contribution < 1.29 is 4.92 Å². The molecule has 1 aliphatic carbocycles. The van der Waals surface area contributed by atoms with Crippen LogP contribution >= 0.6 is 0 Å². The molecular formula is C13H18N2O2. The van der Waals surface area contributed by atoms with Crippen LogP contribution in [-0.2, 0) is 6.54 Å². The number of nitro groups is 1. The van der Waals surface area contributed by atoms with Crippen LogP contribution in [0.25, 0.3) is 0 Å². The molecule has 0 amide bonds. The maximum atomic E-state index is 10.5. The first-order chi connectivity index (χ1) is 8.15. The van der Waals surface area contributed by atoms with Gasteiger partial charge in [-0.3, -0.25) is 10.1 Å². The van der Waals surface area contributed by atoms with E-state index in [2.05, 4.69) is 12.2 Å². The van der Waals surface area contributed by atoms with Crippen LogP contribution < -0.4 is 5.32 Å². The first kappa shape index (κ1) is 12.0. The summed E-state index contributed by atoms with van der Waals surface area (Å²) >= 11 is 0. The molecule has 1 saturated carbocycles. The summed E-state index contributed by atoms with van der Waals surface area (Å²) in [6.07, 6.45) is 4.00. The molecule has 0 aliphatic heterocycles. The second kappa shape index (κ2) is 5.27. The highest BCUT2D eigenvalue weighted by Gasteiger charge is 2.23. The fourth-order valence-corrected chi connectivity index (χ4v) is 1.96.